The Balaban J connectivity index is 0.989. The summed E-state index contributed by atoms with van der Waals surface area (Å²) in [6.07, 6.45) is 15.6. The van der Waals surface area contributed by atoms with Crippen LogP contribution in [0.1, 0.15) is 81.8 Å². The number of anilines is 2. The van der Waals surface area contributed by atoms with E-state index >= 15 is 0 Å². The average molecular weight is 592 g/mol. The molecule has 226 valence electrons. The lowest BCUT2D eigenvalue weighted by Crippen LogP contribution is -2.54. The van der Waals surface area contributed by atoms with Crippen molar-refractivity contribution in [1.29, 1.82) is 5.26 Å². The van der Waals surface area contributed by atoms with Gasteiger partial charge in [0.1, 0.15) is 17.5 Å². The van der Waals surface area contributed by atoms with Gasteiger partial charge in [0.25, 0.3) is 0 Å². The fraction of sp³-hybridized carbons (Fsp3) is 0.667. The molecule has 0 radical (unpaired) electrons. The molecule has 0 spiro atoms. The summed E-state index contributed by atoms with van der Waals surface area (Å²) >= 11 is 6.30. The number of aromatic nitrogens is 2. The second kappa shape index (κ2) is 14.4. The third-order valence-corrected chi connectivity index (χ3v) is 10.5. The Hall–Kier alpha value is -2.44. The zero-order valence-electron chi connectivity index (χ0n) is 24.7. The van der Waals surface area contributed by atoms with Crippen LogP contribution in [0.5, 0.6) is 0 Å². The topological polar surface area (TPSA) is 107 Å². The van der Waals surface area contributed by atoms with Gasteiger partial charge in [-0.15, -0.1) is 0 Å². The SMILES string of the molecule is N#Cc1cnc(NCc2ccccc2Cl)nc1NCC1C[C@H]2CCC[C@@H](C1)[C@@H]2N[C@H]1CC[C@@H](NC2CCOCC2)CC1. The number of hydrogen-bond acceptors (Lipinski definition) is 8. The fourth-order valence-corrected chi connectivity index (χ4v) is 8.15. The molecule has 3 saturated carbocycles. The molecule has 1 aromatic heterocycles. The standard InChI is InChI=1S/C33H46ClN7O/c34-30-7-2-1-4-25(30)20-37-33-38-21-26(18-35)32(41-33)36-19-22-16-23-5-3-6-24(17-22)31(23)40-28-10-8-27(9-11-28)39-29-12-14-42-15-13-29/h1-2,4,7,21-24,27-29,31,39-40H,3,5-6,8-17,19-20H2,(H2,36,37,38,41)/t22?,23-,24+,27-,28+,31-. The van der Waals surface area contributed by atoms with Crippen LogP contribution < -0.4 is 21.3 Å². The lowest BCUT2D eigenvalue weighted by Gasteiger charge is -2.48. The molecule has 3 aliphatic carbocycles. The van der Waals surface area contributed by atoms with E-state index in [9.17, 15) is 5.26 Å². The lowest BCUT2D eigenvalue weighted by molar-refractivity contribution is 0.0665. The van der Waals surface area contributed by atoms with Crippen molar-refractivity contribution >= 4 is 23.4 Å². The average Bonchev–Trinajstić information content (AvgIpc) is 3.01. The first-order valence-corrected chi connectivity index (χ1v) is 16.6. The molecule has 0 amide bonds. The first kappa shape index (κ1) is 29.6. The zero-order chi connectivity index (χ0) is 28.7. The van der Waals surface area contributed by atoms with Crippen molar-refractivity contribution in [1.82, 2.24) is 20.6 Å². The summed E-state index contributed by atoms with van der Waals surface area (Å²) in [5.41, 5.74) is 1.47. The summed E-state index contributed by atoms with van der Waals surface area (Å²) < 4.78 is 5.53. The first-order chi connectivity index (χ1) is 20.6. The van der Waals surface area contributed by atoms with Crippen molar-refractivity contribution in [2.24, 2.45) is 17.8 Å². The highest BCUT2D eigenvalue weighted by molar-refractivity contribution is 6.31. The summed E-state index contributed by atoms with van der Waals surface area (Å²) in [6.45, 7) is 3.20. The fourth-order valence-electron chi connectivity index (χ4n) is 7.94. The molecular weight excluding hydrogens is 546 g/mol. The van der Waals surface area contributed by atoms with Crippen LogP contribution in [0.3, 0.4) is 0 Å². The molecule has 4 N–H and O–H groups in total. The zero-order valence-corrected chi connectivity index (χ0v) is 25.4. The van der Waals surface area contributed by atoms with Gasteiger partial charge in [-0.2, -0.15) is 10.2 Å². The maximum absolute atomic E-state index is 9.69. The van der Waals surface area contributed by atoms with Crippen LogP contribution in [0, 0.1) is 29.1 Å². The van der Waals surface area contributed by atoms with Gasteiger partial charge in [0.05, 0.1) is 6.20 Å². The number of halogens is 1. The molecule has 9 heteroatoms. The molecule has 1 aromatic carbocycles. The van der Waals surface area contributed by atoms with E-state index in [0.29, 0.717) is 59.0 Å². The number of benzene rings is 1. The van der Waals surface area contributed by atoms with Crippen LogP contribution in [0.4, 0.5) is 11.8 Å². The van der Waals surface area contributed by atoms with Gasteiger partial charge in [0.15, 0.2) is 0 Å². The summed E-state index contributed by atoms with van der Waals surface area (Å²) in [7, 11) is 0. The van der Waals surface area contributed by atoms with Crippen molar-refractivity contribution in [3.63, 3.8) is 0 Å². The van der Waals surface area contributed by atoms with Crippen molar-refractivity contribution in [3.8, 4) is 6.07 Å². The van der Waals surface area contributed by atoms with E-state index in [4.69, 9.17) is 16.3 Å². The predicted molar refractivity (Wildman–Crippen MR) is 168 cm³/mol. The molecule has 4 aliphatic rings. The van der Waals surface area contributed by atoms with Crippen molar-refractivity contribution in [2.75, 3.05) is 30.4 Å². The Morgan fingerprint density at radius 3 is 2.29 bits per heavy atom. The molecule has 2 bridgehead atoms. The molecule has 6 rings (SSSR count). The Morgan fingerprint density at radius 1 is 0.881 bits per heavy atom. The van der Waals surface area contributed by atoms with E-state index in [0.717, 1.165) is 50.0 Å². The van der Waals surface area contributed by atoms with Crippen LogP contribution in [0.25, 0.3) is 0 Å². The maximum Gasteiger partial charge on any atom is 0.224 e. The Labute approximate surface area is 255 Å². The van der Waals surface area contributed by atoms with Gasteiger partial charge in [-0.1, -0.05) is 36.2 Å². The highest BCUT2D eigenvalue weighted by Gasteiger charge is 2.41. The second-order valence-electron chi connectivity index (χ2n) is 13.0. The Kier molecular flexibility index (Phi) is 10.1. The number of ether oxygens (including phenoxy) is 1. The summed E-state index contributed by atoms with van der Waals surface area (Å²) in [5, 5.41) is 25.3. The summed E-state index contributed by atoms with van der Waals surface area (Å²) in [6, 6.07) is 12.7. The molecule has 1 saturated heterocycles. The normalized spacial score (nSPS) is 29.9. The van der Waals surface area contributed by atoms with Crippen LogP contribution in [-0.4, -0.2) is 53.9 Å². The van der Waals surface area contributed by atoms with Crippen LogP contribution in [0.15, 0.2) is 30.5 Å². The van der Waals surface area contributed by atoms with Crippen LogP contribution in [0.2, 0.25) is 5.02 Å². The van der Waals surface area contributed by atoms with E-state index in [-0.39, 0.29) is 0 Å². The van der Waals surface area contributed by atoms with E-state index in [1.165, 1.54) is 57.8 Å². The van der Waals surface area contributed by atoms with E-state index < -0.39 is 0 Å². The number of hydrogen-bond donors (Lipinski definition) is 4. The van der Waals surface area contributed by atoms with Gasteiger partial charge in [0.2, 0.25) is 5.95 Å². The number of rotatable bonds is 10. The smallest absolute Gasteiger partial charge is 0.224 e. The van der Waals surface area contributed by atoms with Crippen molar-refractivity contribution in [3.05, 3.63) is 46.6 Å². The summed E-state index contributed by atoms with van der Waals surface area (Å²) in [5.74, 6) is 3.20. The highest BCUT2D eigenvalue weighted by Crippen LogP contribution is 2.43. The third kappa shape index (κ3) is 7.55. The second-order valence-corrected chi connectivity index (χ2v) is 13.4. The number of fused-ring (bicyclic) bond motifs is 2. The van der Waals surface area contributed by atoms with E-state index in [2.05, 4.69) is 37.3 Å². The lowest BCUT2D eigenvalue weighted by atomic mass is 9.64. The third-order valence-electron chi connectivity index (χ3n) is 10.1. The minimum atomic E-state index is 0.482. The predicted octanol–water partition coefficient (Wildman–Crippen LogP) is 5.89. The molecule has 1 unspecified atom stereocenters. The van der Waals surface area contributed by atoms with Gasteiger partial charge in [0, 0.05) is 55.5 Å². The van der Waals surface area contributed by atoms with Gasteiger partial charge >= 0.3 is 0 Å². The molecular formula is C33H46ClN7O. The molecule has 2 heterocycles. The van der Waals surface area contributed by atoms with Crippen molar-refractivity contribution in [2.45, 2.75) is 101 Å². The quantitative estimate of drug-likeness (QED) is 0.271. The maximum atomic E-state index is 9.69. The number of nitriles is 1. The van der Waals surface area contributed by atoms with E-state index in [1.54, 1.807) is 6.20 Å². The van der Waals surface area contributed by atoms with Gasteiger partial charge in [-0.25, -0.2) is 4.98 Å². The van der Waals surface area contributed by atoms with Gasteiger partial charge in [-0.3, -0.25) is 0 Å². The minimum Gasteiger partial charge on any atom is -0.381 e. The Morgan fingerprint density at radius 2 is 1.57 bits per heavy atom. The molecule has 8 nitrogen and oxygen atoms in total. The Bertz CT molecular complexity index is 1190. The molecule has 4 atom stereocenters. The van der Waals surface area contributed by atoms with Gasteiger partial charge in [-0.05, 0) is 93.6 Å². The first-order valence-electron chi connectivity index (χ1n) is 16.2. The molecule has 42 heavy (non-hydrogen) atoms. The van der Waals surface area contributed by atoms with Gasteiger partial charge < -0.3 is 26.0 Å². The summed E-state index contributed by atoms with van der Waals surface area (Å²) in [4.78, 5) is 9.01. The highest BCUT2D eigenvalue weighted by atomic mass is 35.5. The molecule has 1 aliphatic heterocycles. The van der Waals surface area contributed by atoms with Crippen LogP contribution in [-0.2, 0) is 11.3 Å². The monoisotopic (exact) mass is 591 g/mol. The number of nitrogens with one attached hydrogen (secondary N) is 4. The molecule has 4 fully saturated rings. The minimum absolute atomic E-state index is 0.482. The number of nitrogens with zero attached hydrogens (tertiary/aromatic N) is 3. The largest absolute Gasteiger partial charge is 0.381 e. The van der Waals surface area contributed by atoms with E-state index in [1.807, 2.05) is 24.3 Å². The van der Waals surface area contributed by atoms with Crippen molar-refractivity contribution < 1.29 is 4.74 Å². The van der Waals surface area contributed by atoms with Crippen LogP contribution >= 0.6 is 11.6 Å². The molecule has 2 aromatic rings.